The van der Waals surface area contributed by atoms with Crippen LogP contribution in [0.4, 0.5) is 0 Å². The summed E-state index contributed by atoms with van der Waals surface area (Å²) in [4.78, 5) is 30.1. The standard InChI is InChI=1S/C29H34ClN3O2/c1-20-7-6-8-24(17-20)33-21(2)25(18-26(33)22-9-11-23(30)12-10-22)28(35)32-15-13-31(14-16-32)27(34)19-29(3,4)5/h6-12,17-18H,13-16,19H2,1-5H3. The maximum Gasteiger partial charge on any atom is 0.255 e. The van der Waals surface area contributed by atoms with Crippen LogP contribution in [0.15, 0.2) is 54.6 Å². The van der Waals surface area contributed by atoms with Gasteiger partial charge in [0.05, 0.1) is 11.3 Å². The van der Waals surface area contributed by atoms with E-state index in [-0.39, 0.29) is 17.2 Å². The lowest BCUT2D eigenvalue weighted by Gasteiger charge is -2.36. The Morgan fingerprint density at radius 1 is 0.886 bits per heavy atom. The summed E-state index contributed by atoms with van der Waals surface area (Å²) in [5.74, 6) is 0.170. The van der Waals surface area contributed by atoms with Crippen LogP contribution in [0.3, 0.4) is 0 Å². The number of aromatic nitrogens is 1. The zero-order valence-electron chi connectivity index (χ0n) is 21.3. The Morgan fingerprint density at radius 3 is 2.11 bits per heavy atom. The van der Waals surface area contributed by atoms with E-state index in [0.717, 1.165) is 28.2 Å². The van der Waals surface area contributed by atoms with Crippen LogP contribution < -0.4 is 0 Å². The molecule has 0 saturated carbocycles. The SMILES string of the molecule is Cc1cccc(-n2c(-c3ccc(Cl)cc3)cc(C(=O)N3CCN(C(=O)CC(C)(C)C)CC3)c2C)c1. The third-order valence-corrected chi connectivity index (χ3v) is 6.73. The molecule has 0 radical (unpaired) electrons. The lowest BCUT2D eigenvalue weighted by Crippen LogP contribution is -2.51. The van der Waals surface area contributed by atoms with Gasteiger partial charge in [-0.25, -0.2) is 0 Å². The second-order valence-corrected chi connectivity index (χ2v) is 11.1. The van der Waals surface area contributed by atoms with Crippen molar-refractivity contribution in [2.75, 3.05) is 26.2 Å². The van der Waals surface area contributed by atoms with Crippen molar-refractivity contribution >= 4 is 23.4 Å². The average molecular weight is 492 g/mol. The molecule has 6 heteroatoms. The van der Waals surface area contributed by atoms with Crippen molar-refractivity contribution in [3.63, 3.8) is 0 Å². The predicted octanol–water partition coefficient (Wildman–Crippen LogP) is 6.14. The Morgan fingerprint density at radius 2 is 1.51 bits per heavy atom. The number of amides is 2. The first-order chi connectivity index (χ1) is 16.5. The maximum absolute atomic E-state index is 13.7. The first kappa shape index (κ1) is 25.1. The van der Waals surface area contributed by atoms with Crippen LogP contribution in [0.5, 0.6) is 0 Å². The molecule has 1 saturated heterocycles. The highest BCUT2D eigenvalue weighted by Gasteiger charge is 2.29. The van der Waals surface area contributed by atoms with Gasteiger partial charge in [0.2, 0.25) is 5.91 Å². The summed E-state index contributed by atoms with van der Waals surface area (Å²) >= 11 is 6.14. The Balaban J connectivity index is 1.63. The fraction of sp³-hybridized carbons (Fsp3) is 0.379. The van der Waals surface area contributed by atoms with E-state index >= 15 is 0 Å². The number of piperazine rings is 1. The third-order valence-electron chi connectivity index (χ3n) is 6.48. The van der Waals surface area contributed by atoms with E-state index in [2.05, 4.69) is 50.5 Å². The molecule has 3 aromatic rings. The lowest BCUT2D eigenvalue weighted by atomic mass is 9.91. The number of carbonyl (C=O) groups excluding carboxylic acids is 2. The van der Waals surface area contributed by atoms with Crippen molar-refractivity contribution in [1.29, 1.82) is 0 Å². The van der Waals surface area contributed by atoms with Gasteiger partial charge in [-0.05, 0) is 60.7 Å². The van der Waals surface area contributed by atoms with Gasteiger partial charge in [0.1, 0.15) is 0 Å². The van der Waals surface area contributed by atoms with Crippen LogP contribution in [0.1, 0.15) is 48.8 Å². The van der Waals surface area contributed by atoms with Gasteiger partial charge < -0.3 is 14.4 Å². The summed E-state index contributed by atoms with van der Waals surface area (Å²) in [7, 11) is 0. The van der Waals surface area contributed by atoms with Crippen LogP contribution in [-0.4, -0.2) is 52.4 Å². The average Bonchev–Trinajstić information content (AvgIpc) is 3.15. The molecular weight excluding hydrogens is 458 g/mol. The summed E-state index contributed by atoms with van der Waals surface area (Å²) in [5, 5.41) is 0.675. The molecule has 1 aromatic heterocycles. The van der Waals surface area contributed by atoms with Gasteiger partial charge in [0, 0.05) is 49.0 Å². The fourth-order valence-corrected chi connectivity index (χ4v) is 4.78. The number of nitrogens with zero attached hydrogens (tertiary/aromatic N) is 3. The molecule has 0 N–H and O–H groups in total. The molecular formula is C29H34ClN3O2. The lowest BCUT2D eigenvalue weighted by molar-refractivity contribution is -0.134. The van der Waals surface area contributed by atoms with Crippen molar-refractivity contribution in [1.82, 2.24) is 14.4 Å². The molecule has 4 rings (SSSR count). The van der Waals surface area contributed by atoms with Gasteiger partial charge in [-0.1, -0.05) is 56.6 Å². The van der Waals surface area contributed by atoms with E-state index in [1.807, 2.05) is 53.1 Å². The van der Waals surface area contributed by atoms with Crippen molar-refractivity contribution in [2.24, 2.45) is 5.41 Å². The molecule has 5 nitrogen and oxygen atoms in total. The monoisotopic (exact) mass is 491 g/mol. The molecule has 0 bridgehead atoms. The summed E-state index contributed by atoms with van der Waals surface area (Å²) in [6.45, 7) is 12.5. The molecule has 0 atom stereocenters. The number of halogens is 1. The summed E-state index contributed by atoms with van der Waals surface area (Å²) < 4.78 is 2.15. The Hall–Kier alpha value is -3.05. The van der Waals surface area contributed by atoms with E-state index in [9.17, 15) is 9.59 Å². The number of hydrogen-bond acceptors (Lipinski definition) is 2. The van der Waals surface area contributed by atoms with Crippen LogP contribution >= 0.6 is 11.6 Å². The molecule has 2 amide bonds. The number of carbonyl (C=O) groups is 2. The normalized spacial score (nSPS) is 14.3. The van der Waals surface area contributed by atoms with E-state index in [4.69, 9.17) is 11.6 Å². The molecule has 0 spiro atoms. The zero-order chi connectivity index (χ0) is 25.3. The van der Waals surface area contributed by atoms with Gasteiger partial charge >= 0.3 is 0 Å². The van der Waals surface area contributed by atoms with Gasteiger partial charge in [0.15, 0.2) is 0 Å². The van der Waals surface area contributed by atoms with Gasteiger partial charge in [-0.2, -0.15) is 0 Å². The largest absolute Gasteiger partial charge is 0.339 e. The quantitative estimate of drug-likeness (QED) is 0.440. The first-order valence-electron chi connectivity index (χ1n) is 12.2. The minimum atomic E-state index is -0.0437. The van der Waals surface area contributed by atoms with Crippen molar-refractivity contribution < 1.29 is 9.59 Å². The van der Waals surface area contributed by atoms with Crippen molar-refractivity contribution in [2.45, 2.75) is 41.0 Å². The van der Waals surface area contributed by atoms with Crippen LogP contribution in [0.2, 0.25) is 5.02 Å². The molecule has 1 aliphatic rings. The Bertz CT molecular complexity index is 1230. The maximum atomic E-state index is 13.7. The Labute approximate surface area is 213 Å². The smallest absolute Gasteiger partial charge is 0.255 e. The minimum Gasteiger partial charge on any atom is -0.339 e. The number of rotatable bonds is 4. The van der Waals surface area contributed by atoms with Gasteiger partial charge in [0.25, 0.3) is 5.91 Å². The highest BCUT2D eigenvalue weighted by atomic mass is 35.5. The predicted molar refractivity (Wildman–Crippen MR) is 142 cm³/mol. The van der Waals surface area contributed by atoms with Gasteiger partial charge in [-0.3, -0.25) is 9.59 Å². The van der Waals surface area contributed by atoms with Gasteiger partial charge in [-0.15, -0.1) is 0 Å². The molecule has 2 aromatic carbocycles. The zero-order valence-corrected chi connectivity index (χ0v) is 22.0. The van der Waals surface area contributed by atoms with Crippen molar-refractivity contribution in [3.05, 3.63) is 76.4 Å². The van der Waals surface area contributed by atoms with Crippen LogP contribution in [-0.2, 0) is 4.79 Å². The topological polar surface area (TPSA) is 45.6 Å². The Kier molecular flexibility index (Phi) is 7.09. The van der Waals surface area contributed by atoms with Crippen molar-refractivity contribution in [3.8, 4) is 16.9 Å². The summed E-state index contributed by atoms with van der Waals surface area (Å²) in [5.41, 5.74) is 5.66. The van der Waals surface area contributed by atoms with E-state index < -0.39 is 0 Å². The third kappa shape index (κ3) is 5.62. The molecule has 0 aliphatic carbocycles. The van der Waals surface area contributed by atoms with Crippen LogP contribution in [0.25, 0.3) is 16.9 Å². The van der Waals surface area contributed by atoms with E-state index in [0.29, 0.717) is 43.2 Å². The highest BCUT2D eigenvalue weighted by molar-refractivity contribution is 6.30. The first-order valence-corrected chi connectivity index (χ1v) is 12.5. The van der Waals surface area contributed by atoms with Crippen LogP contribution in [0, 0.1) is 19.3 Å². The van der Waals surface area contributed by atoms with E-state index in [1.165, 1.54) is 0 Å². The molecule has 0 unspecified atom stereocenters. The second-order valence-electron chi connectivity index (χ2n) is 10.6. The highest BCUT2D eigenvalue weighted by Crippen LogP contribution is 2.31. The van der Waals surface area contributed by atoms with E-state index in [1.54, 1.807) is 0 Å². The summed E-state index contributed by atoms with van der Waals surface area (Å²) in [6.07, 6.45) is 0.518. The minimum absolute atomic E-state index is 0.00652. The fourth-order valence-electron chi connectivity index (χ4n) is 4.65. The molecule has 1 aliphatic heterocycles. The summed E-state index contributed by atoms with van der Waals surface area (Å²) in [6, 6.07) is 18.0. The number of hydrogen-bond donors (Lipinski definition) is 0. The number of aryl methyl sites for hydroxylation is 1. The molecule has 35 heavy (non-hydrogen) atoms. The molecule has 1 fully saturated rings. The second kappa shape index (κ2) is 9.90. The molecule has 2 heterocycles. The number of benzene rings is 2. The molecule has 184 valence electrons.